The highest BCUT2D eigenvalue weighted by Gasteiger charge is 2.19. The Kier molecular flexibility index (Phi) is 6.94. The summed E-state index contributed by atoms with van der Waals surface area (Å²) in [6, 6.07) is 14.7. The van der Waals surface area contributed by atoms with Crippen molar-refractivity contribution in [3.8, 4) is 11.3 Å². The van der Waals surface area contributed by atoms with E-state index in [1.165, 1.54) is 11.8 Å². The Morgan fingerprint density at radius 3 is 2.55 bits per heavy atom. The second kappa shape index (κ2) is 10.0. The number of furan rings is 1. The minimum atomic E-state index is -0.117. The standard InChI is InChI=1S/C23H22ClN3O3S/c24-18-6-3-16(4-7-18)20-9-8-19(30-20)14-25-21(28)15-31-22-10-5-17(13-26-22)23(29)27-11-1-2-12-27/h3-10,13H,1-2,11-12,14-15H2,(H,25,28). The van der Waals surface area contributed by atoms with Crippen molar-refractivity contribution in [3.05, 3.63) is 71.1 Å². The van der Waals surface area contributed by atoms with Gasteiger partial charge in [0.25, 0.3) is 5.91 Å². The highest BCUT2D eigenvalue weighted by molar-refractivity contribution is 7.99. The molecule has 31 heavy (non-hydrogen) atoms. The molecule has 1 saturated heterocycles. The Labute approximate surface area is 190 Å². The number of likely N-dealkylation sites (tertiary alicyclic amines) is 1. The van der Waals surface area contributed by atoms with Gasteiger partial charge >= 0.3 is 0 Å². The predicted molar refractivity (Wildman–Crippen MR) is 121 cm³/mol. The van der Waals surface area contributed by atoms with Crippen LogP contribution in [0.1, 0.15) is 29.0 Å². The first-order valence-corrected chi connectivity index (χ1v) is 11.4. The number of rotatable bonds is 7. The second-order valence-electron chi connectivity index (χ2n) is 7.22. The molecule has 2 aromatic heterocycles. The summed E-state index contributed by atoms with van der Waals surface area (Å²) in [4.78, 5) is 30.7. The molecule has 1 N–H and O–H groups in total. The fourth-order valence-corrected chi connectivity index (χ4v) is 4.11. The molecule has 0 spiro atoms. The number of benzene rings is 1. The Hall–Kier alpha value is -2.77. The topological polar surface area (TPSA) is 75.4 Å². The second-order valence-corrected chi connectivity index (χ2v) is 8.65. The number of carbonyl (C=O) groups is 2. The monoisotopic (exact) mass is 455 g/mol. The van der Waals surface area contributed by atoms with Gasteiger partial charge in [0.1, 0.15) is 11.5 Å². The summed E-state index contributed by atoms with van der Waals surface area (Å²) in [6.45, 7) is 1.93. The molecule has 2 amide bonds. The van der Waals surface area contributed by atoms with Crippen LogP contribution in [0.3, 0.4) is 0 Å². The molecule has 0 radical (unpaired) electrons. The van der Waals surface area contributed by atoms with Gasteiger partial charge in [-0.25, -0.2) is 4.98 Å². The SMILES string of the molecule is O=C(CSc1ccc(C(=O)N2CCCC2)cn1)NCc1ccc(-c2ccc(Cl)cc2)o1. The van der Waals surface area contributed by atoms with Gasteiger partial charge in [-0.1, -0.05) is 23.4 Å². The Morgan fingerprint density at radius 2 is 1.84 bits per heavy atom. The number of hydrogen-bond donors (Lipinski definition) is 1. The highest BCUT2D eigenvalue weighted by atomic mass is 35.5. The van der Waals surface area contributed by atoms with Gasteiger partial charge in [0, 0.05) is 29.9 Å². The number of aromatic nitrogens is 1. The zero-order valence-electron chi connectivity index (χ0n) is 16.8. The smallest absolute Gasteiger partial charge is 0.255 e. The third kappa shape index (κ3) is 5.68. The third-order valence-corrected chi connectivity index (χ3v) is 6.17. The molecule has 160 valence electrons. The number of amides is 2. The van der Waals surface area contributed by atoms with Crippen molar-refractivity contribution in [2.45, 2.75) is 24.4 Å². The Bertz CT molecular complexity index is 1040. The van der Waals surface area contributed by atoms with Gasteiger partial charge in [-0.2, -0.15) is 0 Å². The minimum Gasteiger partial charge on any atom is -0.459 e. The molecule has 1 aromatic carbocycles. The lowest BCUT2D eigenvalue weighted by Crippen LogP contribution is -2.27. The average molecular weight is 456 g/mol. The molecule has 1 aliphatic heterocycles. The fraction of sp³-hybridized carbons (Fsp3) is 0.261. The number of nitrogens with one attached hydrogen (secondary N) is 1. The van der Waals surface area contributed by atoms with E-state index in [2.05, 4.69) is 10.3 Å². The molecular weight excluding hydrogens is 434 g/mol. The van der Waals surface area contributed by atoms with Crippen LogP contribution in [0.4, 0.5) is 0 Å². The van der Waals surface area contributed by atoms with Crippen molar-refractivity contribution >= 4 is 35.2 Å². The van der Waals surface area contributed by atoms with Crippen molar-refractivity contribution < 1.29 is 14.0 Å². The van der Waals surface area contributed by atoms with Crippen LogP contribution in [0.2, 0.25) is 5.02 Å². The zero-order valence-corrected chi connectivity index (χ0v) is 18.4. The van der Waals surface area contributed by atoms with Gasteiger partial charge in [0.2, 0.25) is 5.91 Å². The number of nitrogens with zero attached hydrogens (tertiary/aromatic N) is 2. The van der Waals surface area contributed by atoms with Gasteiger partial charge in [-0.15, -0.1) is 0 Å². The molecule has 0 saturated carbocycles. The van der Waals surface area contributed by atoms with Crippen LogP contribution in [-0.4, -0.2) is 40.5 Å². The van der Waals surface area contributed by atoms with E-state index >= 15 is 0 Å². The quantitative estimate of drug-likeness (QED) is 0.525. The Balaban J connectivity index is 1.23. The summed E-state index contributed by atoms with van der Waals surface area (Å²) in [5.41, 5.74) is 1.51. The summed E-state index contributed by atoms with van der Waals surface area (Å²) in [5.74, 6) is 1.54. The van der Waals surface area contributed by atoms with Gasteiger partial charge in [0.05, 0.1) is 22.9 Å². The summed E-state index contributed by atoms with van der Waals surface area (Å²) in [5, 5.41) is 4.22. The molecule has 6 nitrogen and oxygen atoms in total. The highest BCUT2D eigenvalue weighted by Crippen LogP contribution is 2.24. The summed E-state index contributed by atoms with van der Waals surface area (Å²) >= 11 is 7.24. The molecule has 3 aromatic rings. The zero-order chi connectivity index (χ0) is 21.6. The molecule has 1 aliphatic rings. The number of thioether (sulfide) groups is 1. The summed E-state index contributed by atoms with van der Waals surface area (Å²) < 4.78 is 5.79. The van der Waals surface area contributed by atoms with Gasteiger partial charge in [-0.05, 0) is 61.4 Å². The number of carbonyl (C=O) groups excluding carboxylic acids is 2. The number of pyridine rings is 1. The largest absolute Gasteiger partial charge is 0.459 e. The number of halogens is 1. The first kappa shape index (κ1) is 21.5. The van der Waals surface area contributed by atoms with Crippen LogP contribution in [0, 0.1) is 0 Å². The maximum Gasteiger partial charge on any atom is 0.255 e. The van der Waals surface area contributed by atoms with E-state index in [4.69, 9.17) is 16.0 Å². The third-order valence-electron chi connectivity index (χ3n) is 4.98. The van der Waals surface area contributed by atoms with Crippen LogP contribution < -0.4 is 5.32 Å². The lowest BCUT2D eigenvalue weighted by Gasteiger charge is -2.14. The molecular formula is C23H22ClN3O3S. The molecule has 0 atom stereocenters. The molecule has 0 bridgehead atoms. The van der Waals surface area contributed by atoms with Crippen molar-refractivity contribution in [3.63, 3.8) is 0 Å². The predicted octanol–water partition coefficient (Wildman–Crippen LogP) is 4.64. The molecule has 0 unspecified atom stereocenters. The molecule has 0 aliphatic carbocycles. The van der Waals surface area contributed by atoms with Crippen LogP contribution in [0.25, 0.3) is 11.3 Å². The van der Waals surface area contributed by atoms with Crippen molar-refractivity contribution in [1.29, 1.82) is 0 Å². The average Bonchev–Trinajstić information content (AvgIpc) is 3.49. The fourth-order valence-electron chi connectivity index (χ4n) is 3.31. The van der Waals surface area contributed by atoms with Crippen molar-refractivity contribution in [1.82, 2.24) is 15.2 Å². The van der Waals surface area contributed by atoms with E-state index in [1.54, 1.807) is 30.5 Å². The van der Waals surface area contributed by atoms with E-state index < -0.39 is 0 Å². The maximum atomic E-state index is 12.4. The molecule has 4 rings (SSSR count). The Morgan fingerprint density at radius 1 is 1.06 bits per heavy atom. The molecule has 8 heteroatoms. The minimum absolute atomic E-state index is 0.0238. The van der Waals surface area contributed by atoms with Crippen LogP contribution >= 0.6 is 23.4 Å². The summed E-state index contributed by atoms with van der Waals surface area (Å²) in [7, 11) is 0. The van der Waals surface area contributed by atoms with Crippen molar-refractivity contribution in [2.75, 3.05) is 18.8 Å². The number of hydrogen-bond acceptors (Lipinski definition) is 5. The van der Waals surface area contributed by atoms with E-state index in [-0.39, 0.29) is 17.6 Å². The van der Waals surface area contributed by atoms with Crippen LogP contribution in [-0.2, 0) is 11.3 Å². The van der Waals surface area contributed by atoms with E-state index in [9.17, 15) is 9.59 Å². The lowest BCUT2D eigenvalue weighted by atomic mass is 10.2. The van der Waals surface area contributed by atoms with Gasteiger partial charge in [0.15, 0.2) is 0 Å². The lowest BCUT2D eigenvalue weighted by molar-refractivity contribution is -0.118. The first-order valence-electron chi connectivity index (χ1n) is 10.1. The maximum absolute atomic E-state index is 12.4. The van der Waals surface area contributed by atoms with Gasteiger partial charge < -0.3 is 14.6 Å². The molecule has 3 heterocycles. The van der Waals surface area contributed by atoms with Gasteiger partial charge in [-0.3, -0.25) is 9.59 Å². The first-order chi connectivity index (χ1) is 15.1. The van der Waals surface area contributed by atoms with Crippen LogP contribution in [0.15, 0.2) is 64.2 Å². The normalized spacial score (nSPS) is 13.4. The van der Waals surface area contributed by atoms with Crippen molar-refractivity contribution in [2.24, 2.45) is 0 Å². The van der Waals surface area contributed by atoms with E-state index in [1.807, 2.05) is 29.2 Å². The molecule has 1 fully saturated rings. The van der Waals surface area contributed by atoms with Crippen LogP contribution in [0.5, 0.6) is 0 Å². The van der Waals surface area contributed by atoms with E-state index in [0.717, 1.165) is 37.3 Å². The van der Waals surface area contributed by atoms with E-state index in [0.29, 0.717) is 27.9 Å². The summed E-state index contributed by atoms with van der Waals surface area (Å²) in [6.07, 6.45) is 3.70.